The molecule has 0 bridgehead atoms. The van der Waals surface area contributed by atoms with E-state index in [0.29, 0.717) is 6.42 Å². The van der Waals surface area contributed by atoms with Gasteiger partial charge in [-0.15, -0.1) is 11.8 Å². The predicted molar refractivity (Wildman–Crippen MR) is 82.4 cm³/mol. The Labute approximate surface area is 129 Å². The summed E-state index contributed by atoms with van der Waals surface area (Å²) in [6.07, 6.45) is -0.0325. The van der Waals surface area contributed by atoms with Gasteiger partial charge >= 0.3 is 11.9 Å². The van der Waals surface area contributed by atoms with E-state index >= 15 is 0 Å². The summed E-state index contributed by atoms with van der Waals surface area (Å²) in [4.78, 5) is 34.1. The molecule has 0 saturated heterocycles. The minimum absolute atomic E-state index is 0.0525. The highest BCUT2D eigenvalue weighted by atomic mass is 32.2. The number of nitrogens with one attached hydrogen (secondary N) is 1. The number of aliphatic carboxylic acids is 2. The van der Waals surface area contributed by atoms with Crippen LogP contribution in [0, 0.1) is 5.41 Å². The molecule has 2 atom stereocenters. The number of carbonyl (C=O) groups is 3. The van der Waals surface area contributed by atoms with Gasteiger partial charge in [-0.05, 0) is 25.7 Å². The normalized spacial score (nSPS) is 14.6. The number of amides is 1. The zero-order valence-corrected chi connectivity index (χ0v) is 14.0. The van der Waals surface area contributed by atoms with Crippen molar-refractivity contribution in [3.63, 3.8) is 0 Å². The Morgan fingerprint density at radius 3 is 1.95 bits per heavy atom. The average Bonchev–Trinajstić information content (AvgIpc) is 2.23. The number of carbonyl (C=O) groups excluding carboxylic acids is 1. The van der Waals surface area contributed by atoms with Gasteiger partial charge in [-0.2, -0.15) is 0 Å². The van der Waals surface area contributed by atoms with E-state index in [1.54, 1.807) is 0 Å². The number of carboxylic acid groups (broad SMARTS) is 2. The van der Waals surface area contributed by atoms with Crippen molar-refractivity contribution in [2.45, 2.75) is 64.0 Å². The number of carboxylic acids is 2. The monoisotopic (exact) mass is 319 g/mol. The fourth-order valence-electron chi connectivity index (χ4n) is 1.69. The molecule has 1 amide bonds. The van der Waals surface area contributed by atoms with E-state index in [9.17, 15) is 14.4 Å². The van der Waals surface area contributed by atoms with Crippen LogP contribution >= 0.6 is 11.8 Å². The third-order valence-corrected chi connectivity index (χ3v) is 3.89. The summed E-state index contributed by atoms with van der Waals surface area (Å²) in [5, 5.41) is 18.9. The standard InChI is InChI=1S/C14H25NO5S/c1-8(2)15-12(18)10(7-14(3,4)5)21-9(13(19)20)6-11(16)17/h8-10H,6-7H2,1-5H3,(H,15,18)(H,16,17)(H,19,20). The van der Waals surface area contributed by atoms with Crippen molar-refractivity contribution in [2.24, 2.45) is 5.41 Å². The van der Waals surface area contributed by atoms with E-state index in [0.717, 1.165) is 11.8 Å². The Balaban J connectivity index is 5.05. The largest absolute Gasteiger partial charge is 0.481 e. The number of thioether (sulfide) groups is 1. The molecule has 21 heavy (non-hydrogen) atoms. The van der Waals surface area contributed by atoms with Crippen LogP contribution in [0.5, 0.6) is 0 Å². The molecule has 0 aromatic rings. The minimum atomic E-state index is -1.21. The highest BCUT2D eigenvalue weighted by Crippen LogP contribution is 2.31. The second-order valence-corrected chi connectivity index (χ2v) is 7.89. The van der Waals surface area contributed by atoms with E-state index in [2.05, 4.69) is 5.32 Å². The molecule has 0 rings (SSSR count). The maximum Gasteiger partial charge on any atom is 0.317 e. The van der Waals surface area contributed by atoms with Gasteiger partial charge in [0.15, 0.2) is 0 Å². The third kappa shape index (κ3) is 9.33. The first-order valence-electron chi connectivity index (χ1n) is 6.83. The van der Waals surface area contributed by atoms with Crippen molar-refractivity contribution in [1.29, 1.82) is 0 Å². The third-order valence-electron chi connectivity index (χ3n) is 2.49. The lowest BCUT2D eigenvalue weighted by Gasteiger charge is -2.27. The van der Waals surface area contributed by atoms with Gasteiger partial charge in [0.2, 0.25) is 5.91 Å². The Kier molecular flexibility index (Phi) is 7.78. The molecule has 0 heterocycles. The van der Waals surface area contributed by atoms with Gasteiger partial charge in [-0.3, -0.25) is 14.4 Å². The molecule has 0 radical (unpaired) electrons. The summed E-state index contributed by atoms with van der Waals surface area (Å²) in [6, 6.07) is -0.0525. The number of hydrogen-bond acceptors (Lipinski definition) is 4. The Bertz CT molecular complexity index is 389. The molecule has 0 aromatic heterocycles. The lowest BCUT2D eigenvalue weighted by molar-refractivity contribution is -0.143. The summed E-state index contributed by atoms with van der Waals surface area (Å²) >= 11 is 0.911. The van der Waals surface area contributed by atoms with Crippen LogP contribution in [0.3, 0.4) is 0 Å². The van der Waals surface area contributed by atoms with Gasteiger partial charge < -0.3 is 15.5 Å². The summed E-state index contributed by atoms with van der Waals surface area (Å²) in [5.74, 6) is -2.64. The molecule has 0 aromatic carbocycles. The van der Waals surface area contributed by atoms with Crippen molar-refractivity contribution in [2.75, 3.05) is 0 Å². The van der Waals surface area contributed by atoms with Crippen molar-refractivity contribution in [1.82, 2.24) is 5.32 Å². The zero-order chi connectivity index (χ0) is 16.8. The molecule has 0 fully saturated rings. The molecular weight excluding hydrogens is 294 g/mol. The average molecular weight is 319 g/mol. The fraction of sp³-hybridized carbons (Fsp3) is 0.786. The van der Waals surface area contributed by atoms with Crippen LogP contribution in [0.25, 0.3) is 0 Å². The molecule has 3 N–H and O–H groups in total. The molecule has 6 nitrogen and oxygen atoms in total. The van der Waals surface area contributed by atoms with Crippen LogP contribution in [0.1, 0.15) is 47.5 Å². The zero-order valence-electron chi connectivity index (χ0n) is 13.2. The molecule has 122 valence electrons. The van der Waals surface area contributed by atoms with Gasteiger partial charge in [0.1, 0.15) is 5.25 Å². The topological polar surface area (TPSA) is 104 Å². The van der Waals surface area contributed by atoms with Gasteiger partial charge in [-0.25, -0.2) is 0 Å². The van der Waals surface area contributed by atoms with Crippen LogP contribution in [0.4, 0.5) is 0 Å². The van der Waals surface area contributed by atoms with Crippen molar-refractivity contribution in [3.05, 3.63) is 0 Å². The first-order chi connectivity index (χ1) is 9.42. The van der Waals surface area contributed by atoms with Gasteiger partial charge in [0, 0.05) is 6.04 Å². The number of hydrogen-bond donors (Lipinski definition) is 3. The van der Waals surface area contributed by atoms with Crippen LogP contribution < -0.4 is 5.32 Å². The van der Waals surface area contributed by atoms with E-state index in [1.165, 1.54) is 0 Å². The Morgan fingerprint density at radius 2 is 1.62 bits per heavy atom. The van der Waals surface area contributed by atoms with Crippen molar-refractivity contribution in [3.8, 4) is 0 Å². The molecule has 0 spiro atoms. The maximum absolute atomic E-state index is 12.2. The van der Waals surface area contributed by atoms with Crippen LogP contribution in [0.15, 0.2) is 0 Å². The first-order valence-corrected chi connectivity index (χ1v) is 7.77. The second kappa shape index (κ2) is 8.26. The highest BCUT2D eigenvalue weighted by molar-refractivity contribution is 8.01. The summed E-state index contributed by atoms with van der Waals surface area (Å²) in [6.45, 7) is 9.51. The Hall–Kier alpha value is -1.24. The molecule has 2 unspecified atom stereocenters. The quantitative estimate of drug-likeness (QED) is 0.632. The predicted octanol–water partition coefficient (Wildman–Crippen LogP) is 1.98. The SMILES string of the molecule is CC(C)NC(=O)C(CC(C)(C)C)SC(CC(=O)O)C(=O)O. The van der Waals surface area contributed by atoms with Gasteiger partial charge in [-0.1, -0.05) is 20.8 Å². The lowest BCUT2D eigenvalue weighted by atomic mass is 9.90. The second-order valence-electron chi connectivity index (χ2n) is 6.48. The van der Waals surface area contributed by atoms with E-state index in [1.807, 2.05) is 34.6 Å². The van der Waals surface area contributed by atoms with E-state index < -0.39 is 28.9 Å². The lowest BCUT2D eigenvalue weighted by Crippen LogP contribution is -2.40. The molecular formula is C14H25NO5S. The van der Waals surface area contributed by atoms with E-state index in [4.69, 9.17) is 10.2 Å². The summed E-state index contributed by atoms with van der Waals surface area (Å²) < 4.78 is 0. The minimum Gasteiger partial charge on any atom is -0.481 e. The van der Waals surface area contributed by atoms with Gasteiger partial charge in [0.05, 0.1) is 11.7 Å². The molecule has 0 saturated carbocycles. The van der Waals surface area contributed by atoms with Crippen LogP contribution in [0.2, 0.25) is 0 Å². The summed E-state index contributed by atoms with van der Waals surface area (Å²) in [7, 11) is 0. The molecule has 7 heteroatoms. The van der Waals surface area contributed by atoms with E-state index in [-0.39, 0.29) is 17.4 Å². The molecule has 0 aliphatic rings. The molecule has 0 aliphatic heterocycles. The van der Waals surface area contributed by atoms with Crippen LogP contribution in [-0.4, -0.2) is 44.6 Å². The van der Waals surface area contributed by atoms with Crippen LogP contribution in [-0.2, 0) is 14.4 Å². The fourth-order valence-corrected chi connectivity index (χ4v) is 3.23. The van der Waals surface area contributed by atoms with Crippen molar-refractivity contribution < 1.29 is 24.6 Å². The molecule has 0 aliphatic carbocycles. The Morgan fingerprint density at radius 1 is 1.10 bits per heavy atom. The smallest absolute Gasteiger partial charge is 0.317 e. The highest BCUT2D eigenvalue weighted by Gasteiger charge is 2.32. The van der Waals surface area contributed by atoms with Crippen molar-refractivity contribution >= 4 is 29.6 Å². The summed E-state index contributed by atoms with van der Waals surface area (Å²) in [5.41, 5.74) is -0.168. The maximum atomic E-state index is 12.2. The first kappa shape index (κ1) is 19.8. The number of rotatable bonds is 8. The van der Waals surface area contributed by atoms with Gasteiger partial charge in [0.25, 0.3) is 0 Å².